The third kappa shape index (κ3) is 2.40. The summed E-state index contributed by atoms with van der Waals surface area (Å²) in [5.74, 6) is -2.89. The summed E-state index contributed by atoms with van der Waals surface area (Å²) in [5.41, 5.74) is -0.233. The van der Waals surface area contributed by atoms with Crippen LogP contribution in [-0.2, 0) is 24.7 Å². The van der Waals surface area contributed by atoms with Gasteiger partial charge in [-0.1, -0.05) is 30.3 Å². The SMILES string of the molecule is CC(=O)C1=C(C)O[C@@]2(c3ccccc3)C(C(=O)N(C)C)C(C)(O)O[C@@H]12. The molecule has 1 N–H and O–H groups in total. The molecule has 1 amide bonds. The smallest absolute Gasteiger partial charge is 0.235 e. The molecule has 0 aromatic heterocycles. The molecule has 0 spiro atoms. The van der Waals surface area contributed by atoms with E-state index in [4.69, 9.17) is 9.47 Å². The molecule has 1 aromatic carbocycles. The van der Waals surface area contributed by atoms with Gasteiger partial charge in [-0.3, -0.25) is 9.59 Å². The van der Waals surface area contributed by atoms with E-state index in [1.54, 1.807) is 21.0 Å². The maximum Gasteiger partial charge on any atom is 0.235 e. The lowest BCUT2D eigenvalue weighted by Crippen LogP contribution is -2.52. The second-order valence-corrected chi connectivity index (χ2v) is 7.01. The Bertz CT molecular complexity index is 752. The Morgan fingerprint density at radius 1 is 1.20 bits per heavy atom. The van der Waals surface area contributed by atoms with Crippen LogP contribution in [0.25, 0.3) is 0 Å². The summed E-state index contributed by atoms with van der Waals surface area (Å²) >= 11 is 0. The van der Waals surface area contributed by atoms with Gasteiger partial charge in [0.1, 0.15) is 17.8 Å². The van der Waals surface area contributed by atoms with Gasteiger partial charge >= 0.3 is 0 Å². The number of Topliss-reactive ketones (excluding diaryl/α,β-unsaturated/α-hetero) is 1. The third-order valence-corrected chi connectivity index (χ3v) is 4.97. The Morgan fingerprint density at radius 3 is 2.32 bits per heavy atom. The first-order valence-electron chi connectivity index (χ1n) is 8.20. The summed E-state index contributed by atoms with van der Waals surface area (Å²) in [6.07, 6.45) is -0.851. The van der Waals surface area contributed by atoms with Crippen LogP contribution in [0.5, 0.6) is 0 Å². The van der Waals surface area contributed by atoms with Gasteiger partial charge < -0.3 is 19.5 Å². The first-order valence-corrected chi connectivity index (χ1v) is 8.20. The van der Waals surface area contributed by atoms with Gasteiger partial charge in [-0.15, -0.1) is 0 Å². The molecule has 2 unspecified atom stereocenters. The number of benzene rings is 1. The van der Waals surface area contributed by atoms with E-state index in [2.05, 4.69) is 0 Å². The van der Waals surface area contributed by atoms with Crippen LogP contribution in [0, 0.1) is 5.92 Å². The fraction of sp³-hybridized carbons (Fsp3) is 0.474. The number of aliphatic hydroxyl groups is 1. The third-order valence-electron chi connectivity index (χ3n) is 4.97. The van der Waals surface area contributed by atoms with Crippen molar-refractivity contribution in [1.82, 2.24) is 4.90 Å². The number of hydrogen-bond acceptors (Lipinski definition) is 5. The molecule has 2 heterocycles. The van der Waals surface area contributed by atoms with Crippen molar-refractivity contribution in [3.05, 3.63) is 47.2 Å². The molecule has 2 aliphatic heterocycles. The maximum atomic E-state index is 13.0. The minimum atomic E-state index is -1.77. The summed E-state index contributed by atoms with van der Waals surface area (Å²) in [5, 5.41) is 10.9. The molecule has 6 heteroatoms. The average Bonchev–Trinajstić information content (AvgIpc) is 2.92. The van der Waals surface area contributed by atoms with Crippen molar-refractivity contribution in [1.29, 1.82) is 0 Å². The van der Waals surface area contributed by atoms with Crippen molar-refractivity contribution in [2.75, 3.05) is 14.1 Å². The molecular formula is C19H23NO5. The number of rotatable bonds is 3. The Morgan fingerprint density at radius 2 is 1.80 bits per heavy atom. The number of hydrogen-bond donors (Lipinski definition) is 1. The number of ether oxygens (including phenoxy) is 2. The zero-order valence-corrected chi connectivity index (χ0v) is 15.1. The molecule has 25 heavy (non-hydrogen) atoms. The number of fused-ring (bicyclic) bond motifs is 1. The Kier molecular flexibility index (Phi) is 4.00. The van der Waals surface area contributed by atoms with Crippen molar-refractivity contribution in [2.24, 2.45) is 5.92 Å². The number of nitrogens with zero attached hydrogens (tertiary/aromatic N) is 1. The second-order valence-electron chi connectivity index (χ2n) is 7.01. The van der Waals surface area contributed by atoms with Crippen molar-refractivity contribution in [3.8, 4) is 0 Å². The fourth-order valence-electron chi connectivity index (χ4n) is 4.00. The monoisotopic (exact) mass is 345 g/mol. The molecule has 3 rings (SSSR count). The summed E-state index contributed by atoms with van der Waals surface area (Å²) in [4.78, 5) is 26.6. The maximum absolute atomic E-state index is 13.0. The number of carbonyl (C=O) groups is 2. The predicted octanol–water partition coefficient (Wildman–Crippen LogP) is 1.59. The molecule has 2 aliphatic rings. The zero-order valence-electron chi connectivity index (χ0n) is 15.1. The van der Waals surface area contributed by atoms with Gasteiger partial charge in [0.25, 0.3) is 0 Å². The lowest BCUT2D eigenvalue weighted by Gasteiger charge is -2.37. The van der Waals surface area contributed by atoms with Gasteiger partial charge in [-0.2, -0.15) is 0 Å². The minimum absolute atomic E-state index is 0.200. The van der Waals surface area contributed by atoms with Gasteiger partial charge in [-0.05, 0) is 26.3 Å². The van der Waals surface area contributed by atoms with Crippen LogP contribution < -0.4 is 0 Å². The lowest BCUT2D eigenvalue weighted by molar-refractivity contribution is -0.199. The number of ketones is 1. The fourth-order valence-corrected chi connectivity index (χ4v) is 4.00. The largest absolute Gasteiger partial charge is 0.482 e. The summed E-state index contributed by atoms with van der Waals surface area (Å²) in [6.45, 7) is 4.57. The van der Waals surface area contributed by atoms with Crippen LogP contribution in [0.15, 0.2) is 41.7 Å². The molecule has 0 bridgehead atoms. The Balaban J connectivity index is 2.26. The number of carbonyl (C=O) groups excluding carboxylic acids is 2. The highest BCUT2D eigenvalue weighted by Crippen LogP contribution is 2.58. The normalized spacial score (nSPS) is 33.8. The first kappa shape index (κ1) is 17.6. The van der Waals surface area contributed by atoms with Crippen LogP contribution in [0.2, 0.25) is 0 Å². The predicted molar refractivity (Wildman–Crippen MR) is 90.3 cm³/mol. The van der Waals surface area contributed by atoms with Crippen LogP contribution in [0.1, 0.15) is 26.3 Å². The van der Waals surface area contributed by atoms with E-state index in [1.165, 1.54) is 18.7 Å². The highest BCUT2D eigenvalue weighted by atomic mass is 16.7. The highest BCUT2D eigenvalue weighted by molar-refractivity contribution is 5.96. The molecule has 0 radical (unpaired) electrons. The molecule has 0 saturated carbocycles. The quantitative estimate of drug-likeness (QED) is 0.900. The molecule has 1 fully saturated rings. The molecule has 4 atom stereocenters. The van der Waals surface area contributed by atoms with E-state index in [0.717, 1.165) is 0 Å². The van der Waals surface area contributed by atoms with Crippen LogP contribution >= 0.6 is 0 Å². The van der Waals surface area contributed by atoms with Crippen LogP contribution in [0.3, 0.4) is 0 Å². The van der Waals surface area contributed by atoms with Crippen molar-refractivity contribution in [3.63, 3.8) is 0 Å². The van der Waals surface area contributed by atoms with Gasteiger partial charge in [-0.25, -0.2) is 0 Å². The summed E-state index contributed by atoms with van der Waals surface area (Å²) in [6, 6.07) is 9.16. The highest BCUT2D eigenvalue weighted by Gasteiger charge is 2.71. The molecule has 1 saturated heterocycles. The van der Waals surface area contributed by atoms with Gasteiger partial charge in [0.15, 0.2) is 17.2 Å². The molecule has 134 valence electrons. The van der Waals surface area contributed by atoms with Gasteiger partial charge in [0, 0.05) is 14.1 Å². The molecule has 0 aliphatic carbocycles. The summed E-state index contributed by atoms with van der Waals surface area (Å²) < 4.78 is 12.0. The van der Waals surface area contributed by atoms with Gasteiger partial charge in [0.2, 0.25) is 5.91 Å². The van der Waals surface area contributed by atoms with Crippen molar-refractivity contribution < 1.29 is 24.2 Å². The second kappa shape index (κ2) is 5.68. The molecule has 1 aromatic rings. The standard InChI is InChI=1S/C19H23NO5/c1-11(21)14-12(2)24-19(13-9-7-6-8-10-13)15(17(22)20(4)5)18(3,23)25-16(14)19/h6-10,15-16,23H,1-5H3/t15?,16-,18?,19-/m0/s1. The first-order chi connectivity index (χ1) is 11.6. The topological polar surface area (TPSA) is 76.1 Å². The van der Waals surface area contributed by atoms with E-state index in [1.807, 2.05) is 30.3 Å². The van der Waals surface area contributed by atoms with Crippen LogP contribution in [0.4, 0.5) is 0 Å². The van der Waals surface area contributed by atoms with E-state index >= 15 is 0 Å². The lowest BCUT2D eigenvalue weighted by atomic mass is 9.74. The average molecular weight is 345 g/mol. The van der Waals surface area contributed by atoms with E-state index < -0.39 is 23.4 Å². The van der Waals surface area contributed by atoms with E-state index in [9.17, 15) is 14.7 Å². The Labute approximate surface area is 147 Å². The zero-order chi connectivity index (χ0) is 18.6. The number of amides is 1. The van der Waals surface area contributed by atoms with E-state index in [-0.39, 0.29) is 11.7 Å². The van der Waals surface area contributed by atoms with Crippen LogP contribution in [-0.4, -0.2) is 47.7 Å². The minimum Gasteiger partial charge on any atom is -0.482 e. The van der Waals surface area contributed by atoms with E-state index in [0.29, 0.717) is 16.9 Å². The van der Waals surface area contributed by atoms with Gasteiger partial charge in [0.05, 0.1) is 5.57 Å². The molecular weight excluding hydrogens is 322 g/mol. The Hall–Kier alpha value is -2.18. The van der Waals surface area contributed by atoms with Crippen molar-refractivity contribution in [2.45, 2.75) is 38.3 Å². The van der Waals surface area contributed by atoms with Crippen molar-refractivity contribution >= 4 is 11.7 Å². The summed E-state index contributed by atoms with van der Waals surface area (Å²) in [7, 11) is 3.23. The molecule has 6 nitrogen and oxygen atoms in total. The number of allylic oxidation sites excluding steroid dienone is 1.